The second kappa shape index (κ2) is 9.39. The Morgan fingerprint density at radius 1 is 1.03 bits per heavy atom. The number of rotatable bonds is 4. The number of carbonyl (C=O) groups is 2. The van der Waals surface area contributed by atoms with Gasteiger partial charge in [0.05, 0.1) is 11.9 Å². The topological polar surface area (TPSA) is 71.1 Å². The average molecular weight is 514 g/mol. The van der Waals surface area contributed by atoms with Gasteiger partial charge < -0.3 is 10.6 Å². The smallest absolute Gasteiger partial charge is 0.254 e. The van der Waals surface area contributed by atoms with Gasteiger partial charge in [0.25, 0.3) is 5.91 Å². The first-order valence-electron chi connectivity index (χ1n) is 11.3. The lowest BCUT2D eigenvalue weighted by Gasteiger charge is -2.37. The number of benzene rings is 2. The van der Waals surface area contributed by atoms with Crippen molar-refractivity contribution in [3.8, 4) is 0 Å². The largest absolute Gasteiger partial charge is 0.362 e. The summed E-state index contributed by atoms with van der Waals surface area (Å²) in [5.41, 5.74) is 5.55. The molecule has 0 saturated carbocycles. The molecule has 0 radical (unpaired) electrons. The van der Waals surface area contributed by atoms with E-state index in [0.29, 0.717) is 23.3 Å². The highest BCUT2D eigenvalue weighted by atomic mass is 79.9. The summed E-state index contributed by atoms with van der Waals surface area (Å²) in [7, 11) is 0. The molecule has 170 valence electrons. The molecule has 2 atom stereocenters. The number of Topliss-reactive ketones (excluding diaryl/α,β-unsaturated/α-hetero) is 1. The molecule has 0 fully saturated rings. The summed E-state index contributed by atoms with van der Waals surface area (Å²) in [6.07, 6.45) is 4.41. The highest BCUT2D eigenvalue weighted by Gasteiger charge is 2.41. The van der Waals surface area contributed by atoms with Crippen LogP contribution in [0.3, 0.4) is 0 Å². The van der Waals surface area contributed by atoms with Crippen molar-refractivity contribution in [2.45, 2.75) is 31.6 Å². The fraction of sp³-hybridized carbons (Fsp3) is 0.179. The van der Waals surface area contributed by atoms with Crippen molar-refractivity contribution in [2.24, 2.45) is 0 Å². The van der Waals surface area contributed by atoms with Crippen LogP contribution in [0.2, 0.25) is 0 Å². The Labute approximate surface area is 207 Å². The number of pyridine rings is 1. The molecule has 2 N–H and O–H groups in total. The number of amides is 1. The van der Waals surface area contributed by atoms with E-state index in [4.69, 9.17) is 0 Å². The molecule has 1 aliphatic heterocycles. The summed E-state index contributed by atoms with van der Waals surface area (Å²) in [4.78, 5) is 31.3. The second-order valence-electron chi connectivity index (χ2n) is 8.65. The lowest BCUT2D eigenvalue weighted by molar-refractivity contribution is -0.116. The molecule has 0 spiro atoms. The number of aromatic nitrogens is 1. The monoisotopic (exact) mass is 513 g/mol. The predicted molar refractivity (Wildman–Crippen MR) is 136 cm³/mol. The Morgan fingerprint density at radius 3 is 2.53 bits per heavy atom. The lowest BCUT2D eigenvalue weighted by atomic mass is 9.71. The van der Waals surface area contributed by atoms with E-state index in [1.807, 2.05) is 49.4 Å². The van der Waals surface area contributed by atoms with Crippen LogP contribution < -0.4 is 10.6 Å². The number of carbonyl (C=O) groups excluding carboxylic acids is 2. The molecular weight excluding hydrogens is 490 g/mol. The van der Waals surface area contributed by atoms with Gasteiger partial charge in [-0.1, -0.05) is 64.5 Å². The highest BCUT2D eigenvalue weighted by molar-refractivity contribution is 9.10. The van der Waals surface area contributed by atoms with Crippen molar-refractivity contribution in [1.82, 2.24) is 10.3 Å². The van der Waals surface area contributed by atoms with Crippen LogP contribution in [0, 0.1) is 0 Å². The number of ketones is 1. The number of hydrogen-bond acceptors (Lipinski definition) is 4. The molecule has 2 unspecified atom stereocenters. The number of nitrogens with one attached hydrogen (secondary N) is 2. The molecule has 34 heavy (non-hydrogen) atoms. The minimum Gasteiger partial charge on any atom is -0.362 e. The van der Waals surface area contributed by atoms with Crippen LogP contribution >= 0.6 is 15.9 Å². The van der Waals surface area contributed by atoms with Gasteiger partial charge in [0, 0.05) is 45.5 Å². The van der Waals surface area contributed by atoms with Gasteiger partial charge in [-0.05, 0) is 48.6 Å². The molecule has 1 aliphatic carbocycles. The summed E-state index contributed by atoms with van der Waals surface area (Å²) in [6, 6.07) is 21.5. The summed E-state index contributed by atoms with van der Waals surface area (Å²) < 4.78 is 0.867. The summed E-state index contributed by atoms with van der Waals surface area (Å²) in [5.74, 6) is -0.531. The lowest BCUT2D eigenvalue weighted by Crippen LogP contribution is -2.37. The van der Waals surface area contributed by atoms with E-state index in [2.05, 4.69) is 43.7 Å². The van der Waals surface area contributed by atoms with Gasteiger partial charge in [-0.15, -0.1) is 0 Å². The molecule has 3 aromatic rings. The Balaban J connectivity index is 1.58. The molecule has 0 bridgehead atoms. The van der Waals surface area contributed by atoms with E-state index < -0.39 is 5.92 Å². The van der Waals surface area contributed by atoms with E-state index in [1.54, 1.807) is 24.5 Å². The van der Waals surface area contributed by atoms with E-state index in [1.165, 1.54) is 0 Å². The number of allylic oxidation sites excluding steroid dienone is 3. The third-order valence-corrected chi connectivity index (χ3v) is 7.20. The number of nitrogens with zero attached hydrogens (tertiary/aromatic N) is 1. The molecule has 6 heteroatoms. The van der Waals surface area contributed by atoms with Gasteiger partial charge in [-0.25, -0.2) is 0 Å². The third-order valence-electron chi connectivity index (χ3n) is 6.48. The van der Waals surface area contributed by atoms with Gasteiger partial charge >= 0.3 is 0 Å². The quantitative estimate of drug-likeness (QED) is 0.459. The van der Waals surface area contributed by atoms with Crippen LogP contribution in [0.15, 0.2) is 106 Å². The van der Waals surface area contributed by atoms with Crippen LogP contribution in [-0.2, 0) is 9.59 Å². The summed E-state index contributed by atoms with van der Waals surface area (Å²) in [5, 5.41) is 6.39. The van der Waals surface area contributed by atoms with Crippen molar-refractivity contribution in [3.05, 3.63) is 117 Å². The highest BCUT2D eigenvalue weighted by Crippen LogP contribution is 2.47. The van der Waals surface area contributed by atoms with Crippen LogP contribution in [0.1, 0.15) is 42.7 Å². The predicted octanol–water partition coefficient (Wildman–Crippen LogP) is 5.84. The van der Waals surface area contributed by atoms with Crippen molar-refractivity contribution in [2.75, 3.05) is 5.32 Å². The molecule has 2 aromatic carbocycles. The van der Waals surface area contributed by atoms with Gasteiger partial charge in [-0.2, -0.15) is 0 Å². The molecular formula is C28H24BrN3O2. The first-order valence-corrected chi connectivity index (χ1v) is 12.1. The fourth-order valence-corrected chi connectivity index (χ4v) is 5.47. The maximum atomic E-state index is 13.7. The zero-order chi connectivity index (χ0) is 23.7. The van der Waals surface area contributed by atoms with Gasteiger partial charge in [0.1, 0.15) is 0 Å². The van der Waals surface area contributed by atoms with Crippen LogP contribution in [0.4, 0.5) is 5.69 Å². The Kier molecular flexibility index (Phi) is 6.16. The van der Waals surface area contributed by atoms with E-state index in [0.717, 1.165) is 33.4 Å². The first-order chi connectivity index (χ1) is 16.5. The normalized spacial score (nSPS) is 20.0. The van der Waals surface area contributed by atoms with Gasteiger partial charge in [0.15, 0.2) is 5.78 Å². The molecule has 1 aromatic heterocycles. The SMILES string of the molecule is CC1=C(C(=O)Nc2cccnc2)C(c2ccccc2Br)C2=C(CC(c3ccccc3)CC2=O)N1. The van der Waals surface area contributed by atoms with E-state index in [-0.39, 0.29) is 17.6 Å². The van der Waals surface area contributed by atoms with E-state index in [9.17, 15) is 9.59 Å². The Bertz CT molecular complexity index is 1320. The van der Waals surface area contributed by atoms with Crippen molar-refractivity contribution in [3.63, 3.8) is 0 Å². The molecule has 0 saturated heterocycles. The molecule has 5 rings (SSSR count). The van der Waals surface area contributed by atoms with Crippen LogP contribution in [0.5, 0.6) is 0 Å². The standard InChI is InChI=1S/C28H24BrN3O2/c1-17-25(28(34)32-20-10-7-13-30-16-20)26(21-11-5-6-12-22(21)29)27-23(31-17)14-19(15-24(27)33)18-8-3-2-4-9-18/h2-13,16,19,26,31H,14-15H2,1H3,(H,32,34). The Morgan fingerprint density at radius 2 is 1.79 bits per heavy atom. The fourth-order valence-electron chi connectivity index (χ4n) is 4.96. The molecule has 1 amide bonds. The van der Waals surface area contributed by atoms with Gasteiger partial charge in [0.2, 0.25) is 0 Å². The number of anilines is 1. The van der Waals surface area contributed by atoms with Crippen LogP contribution in [0.25, 0.3) is 0 Å². The number of dihydropyridines is 1. The van der Waals surface area contributed by atoms with Gasteiger partial charge in [-0.3, -0.25) is 14.6 Å². The number of hydrogen-bond donors (Lipinski definition) is 2. The Hall–Kier alpha value is -3.51. The van der Waals surface area contributed by atoms with Crippen molar-refractivity contribution >= 4 is 33.3 Å². The average Bonchev–Trinajstić information content (AvgIpc) is 2.84. The molecule has 2 heterocycles. The minimum absolute atomic E-state index is 0.0718. The molecule has 5 nitrogen and oxygen atoms in total. The maximum Gasteiger partial charge on any atom is 0.254 e. The summed E-state index contributed by atoms with van der Waals surface area (Å²) >= 11 is 3.66. The zero-order valence-corrected chi connectivity index (χ0v) is 20.3. The van der Waals surface area contributed by atoms with Crippen molar-refractivity contribution in [1.29, 1.82) is 0 Å². The minimum atomic E-state index is -0.465. The van der Waals surface area contributed by atoms with E-state index >= 15 is 0 Å². The third kappa shape index (κ3) is 4.21. The number of halogens is 1. The zero-order valence-electron chi connectivity index (χ0n) is 18.7. The van der Waals surface area contributed by atoms with Crippen molar-refractivity contribution < 1.29 is 9.59 Å². The van der Waals surface area contributed by atoms with Crippen LogP contribution in [-0.4, -0.2) is 16.7 Å². The second-order valence-corrected chi connectivity index (χ2v) is 9.50. The summed E-state index contributed by atoms with van der Waals surface area (Å²) in [6.45, 7) is 1.91. The molecule has 2 aliphatic rings. The first kappa shape index (κ1) is 22.3. The maximum absolute atomic E-state index is 13.7.